The summed E-state index contributed by atoms with van der Waals surface area (Å²) in [5, 5.41) is 2.87. The zero-order valence-electron chi connectivity index (χ0n) is 18.1. The van der Waals surface area contributed by atoms with E-state index in [1.807, 2.05) is 30.3 Å². The monoisotopic (exact) mass is 443 g/mol. The molecule has 0 bridgehead atoms. The Kier molecular flexibility index (Phi) is 6.69. The van der Waals surface area contributed by atoms with Crippen LogP contribution in [0.25, 0.3) is 0 Å². The molecular formula is C26H25N3O4. The van der Waals surface area contributed by atoms with Crippen LogP contribution in [-0.2, 0) is 9.59 Å². The number of hydrogen-bond acceptors (Lipinski definition) is 4. The highest BCUT2D eigenvalue weighted by atomic mass is 16.5. The predicted molar refractivity (Wildman–Crippen MR) is 126 cm³/mol. The summed E-state index contributed by atoms with van der Waals surface area (Å²) >= 11 is 0. The maximum Gasteiger partial charge on any atom is 0.270 e. The molecule has 0 radical (unpaired) electrons. The summed E-state index contributed by atoms with van der Waals surface area (Å²) in [7, 11) is 0. The molecule has 1 aliphatic rings. The van der Waals surface area contributed by atoms with E-state index in [-0.39, 0.29) is 17.2 Å². The second kappa shape index (κ2) is 9.99. The summed E-state index contributed by atoms with van der Waals surface area (Å²) in [6.07, 6.45) is 1.45. The Morgan fingerprint density at radius 3 is 2.30 bits per heavy atom. The molecule has 7 heteroatoms. The molecule has 3 aromatic rings. The number of carbonyl (C=O) groups excluding carboxylic acids is 3. The molecule has 1 unspecified atom stereocenters. The molecule has 3 aromatic carbocycles. The maximum atomic E-state index is 13.2. The normalized spacial score (nSPS) is 14.4. The minimum Gasteiger partial charge on any atom is -0.475 e. The summed E-state index contributed by atoms with van der Waals surface area (Å²) in [4.78, 5) is 38.9. The van der Waals surface area contributed by atoms with E-state index in [2.05, 4.69) is 5.32 Å². The number of amides is 3. The number of para-hydroxylation sites is 1. The number of ether oxygens (including phenoxy) is 1. The molecule has 0 aromatic heterocycles. The van der Waals surface area contributed by atoms with E-state index in [0.29, 0.717) is 24.2 Å². The number of nitrogens with one attached hydrogen (secondary N) is 1. The smallest absolute Gasteiger partial charge is 0.270 e. The van der Waals surface area contributed by atoms with Crippen LogP contribution in [0.4, 0.5) is 11.4 Å². The molecule has 33 heavy (non-hydrogen) atoms. The van der Waals surface area contributed by atoms with Gasteiger partial charge in [-0.05, 0) is 49.2 Å². The van der Waals surface area contributed by atoms with Gasteiger partial charge in [0.15, 0.2) is 0 Å². The highest BCUT2D eigenvalue weighted by Gasteiger charge is 2.25. The average molecular weight is 444 g/mol. The molecule has 4 rings (SSSR count). The first-order valence-electron chi connectivity index (χ1n) is 10.8. The molecule has 1 aliphatic heterocycles. The predicted octanol–water partition coefficient (Wildman–Crippen LogP) is 4.06. The molecule has 0 saturated carbocycles. The zero-order valence-corrected chi connectivity index (χ0v) is 18.1. The fourth-order valence-electron chi connectivity index (χ4n) is 3.81. The molecular weight excluding hydrogens is 418 g/mol. The molecule has 1 fully saturated rings. The minimum absolute atomic E-state index is 0.115. The van der Waals surface area contributed by atoms with Crippen LogP contribution in [0.2, 0.25) is 0 Å². The Hall–Kier alpha value is -4.13. The molecule has 1 saturated heterocycles. The Bertz CT molecular complexity index is 1150. The van der Waals surface area contributed by atoms with E-state index < -0.39 is 17.9 Å². The first-order valence-corrected chi connectivity index (χ1v) is 10.8. The van der Waals surface area contributed by atoms with Gasteiger partial charge in [-0.25, -0.2) is 0 Å². The van der Waals surface area contributed by atoms with Crippen LogP contribution in [-0.4, -0.2) is 24.3 Å². The molecule has 3 N–H and O–H groups in total. The lowest BCUT2D eigenvalue weighted by Gasteiger charge is -2.27. The van der Waals surface area contributed by atoms with Gasteiger partial charge in [0.1, 0.15) is 5.75 Å². The number of carbonyl (C=O) groups is 3. The van der Waals surface area contributed by atoms with Gasteiger partial charge in [-0.2, -0.15) is 0 Å². The third-order valence-electron chi connectivity index (χ3n) is 5.51. The van der Waals surface area contributed by atoms with E-state index >= 15 is 0 Å². The number of piperidine rings is 1. The molecule has 7 nitrogen and oxygen atoms in total. The van der Waals surface area contributed by atoms with E-state index in [1.54, 1.807) is 53.4 Å². The van der Waals surface area contributed by atoms with Gasteiger partial charge in [0.25, 0.3) is 11.8 Å². The van der Waals surface area contributed by atoms with Gasteiger partial charge in [-0.1, -0.05) is 42.5 Å². The molecule has 3 amide bonds. The minimum atomic E-state index is -1.00. The second-order valence-electron chi connectivity index (χ2n) is 7.81. The van der Waals surface area contributed by atoms with Gasteiger partial charge in [-0.3, -0.25) is 14.4 Å². The van der Waals surface area contributed by atoms with Crippen LogP contribution < -0.4 is 20.7 Å². The zero-order chi connectivity index (χ0) is 23.2. The van der Waals surface area contributed by atoms with Crippen molar-refractivity contribution in [2.75, 3.05) is 16.8 Å². The lowest BCUT2D eigenvalue weighted by atomic mass is 10.1. The van der Waals surface area contributed by atoms with E-state index in [4.69, 9.17) is 10.5 Å². The standard InChI is InChI=1S/C26H25N3O4/c27-25(31)21-10-4-5-11-22(21)33-24(18-8-2-1-3-9-18)26(32)28-19-13-15-20(16-14-19)29-17-7-6-12-23(29)30/h1-5,8-11,13-16,24H,6-7,12,17H2,(H2,27,31)(H,28,32). The number of nitrogens with zero attached hydrogens (tertiary/aromatic N) is 1. The summed E-state index contributed by atoms with van der Waals surface area (Å²) in [5.74, 6) is -0.695. The Morgan fingerprint density at radius 1 is 0.909 bits per heavy atom. The molecule has 168 valence electrons. The van der Waals surface area contributed by atoms with Crippen LogP contribution in [0.1, 0.15) is 41.3 Å². The van der Waals surface area contributed by atoms with Crippen molar-refractivity contribution in [3.8, 4) is 5.75 Å². The van der Waals surface area contributed by atoms with Gasteiger partial charge in [0.05, 0.1) is 5.56 Å². The second-order valence-corrected chi connectivity index (χ2v) is 7.81. The van der Waals surface area contributed by atoms with Crippen LogP contribution in [0.5, 0.6) is 5.75 Å². The third-order valence-corrected chi connectivity index (χ3v) is 5.51. The van der Waals surface area contributed by atoms with Gasteiger partial charge < -0.3 is 20.7 Å². The number of nitrogens with two attached hydrogens (primary N) is 1. The SMILES string of the molecule is NC(=O)c1ccccc1OC(C(=O)Nc1ccc(N2CCCCC2=O)cc1)c1ccccc1. The summed E-state index contributed by atoms with van der Waals surface area (Å²) in [6.45, 7) is 0.702. The average Bonchev–Trinajstić information content (AvgIpc) is 2.84. The van der Waals surface area contributed by atoms with E-state index in [1.165, 1.54) is 0 Å². The first kappa shape index (κ1) is 22.1. The van der Waals surface area contributed by atoms with Crippen molar-refractivity contribution in [3.05, 3.63) is 90.0 Å². The van der Waals surface area contributed by atoms with Crippen LogP contribution >= 0.6 is 0 Å². The number of rotatable bonds is 7. The van der Waals surface area contributed by atoms with Gasteiger partial charge in [0, 0.05) is 29.9 Å². The van der Waals surface area contributed by atoms with Crippen molar-refractivity contribution in [2.24, 2.45) is 5.73 Å². The van der Waals surface area contributed by atoms with E-state index in [0.717, 1.165) is 18.5 Å². The number of hydrogen-bond donors (Lipinski definition) is 2. The van der Waals surface area contributed by atoms with Crippen molar-refractivity contribution in [1.82, 2.24) is 0 Å². The maximum absolute atomic E-state index is 13.2. The highest BCUT2D eigenvalue weighted by molar-refractivity contribution is 5.98. The fourth-order valence-corrected chi connectivity index (χ4v) is 3.81. The molecule has 1 heterocycles. The largest absolute Gasteiger partial charge is 0.475 e. The number of benzene rings is 3. The van der Waals surface area contributed by atoms with Crippen molar-refractivity contribution in [1.29, 1.82) is 0 Å². The molecule has 1 atom stereocenters. The fraction of sp³-hybridized carbons (Fsp3) is 0.192. The Labute approximate surface area is 192 Å². The lowest BCUT2D eigenvalue weighted by Crippen LogP contribution is -2.35. The lowest BCUT2D eigenvalue weighted by molar-refractivity contribution is -0.123. The van der Waals surface area contributed by atoms with Gasteiger partial charge in [-0.15, -0.1) is 0 Å². The van der Waals surface area contributed by atoms with Crippen molar-refractivity contribution in [3.63, 3.8) is 0 Å². The number of anilines is 2. The quantitative estimate of drug-likeness (QED) is 0.575. The summed E-state index contributed by atoms with van der Waals surface area (Å²) < 4.78 is 5.99. The Balaban J connectivity index is 1.55. The highest BCUT2D eigenvalue weighted by Crippen LogP contribution is 2.28. The number of primary amides is 1. The van der Waals surface area contributed by atoms with E-state index in [9.17, 15) is 14.4 Å². The van der Waals surface area contributed by atoms with Crippen molar-refractivity contribution >= 4 is 29.1 Å². The summed E-state index contributed by atoms with van der Waals surface area (Å²) in [6, 6.07) is 22.7. The van der Waals surface area contributed by atoms with Gasteiger partial charge in [0.2, 0.25) is 12.0 Å². The molecule has 0 aliphatic carbocycles. The van der Waals surface area contributed by atoms with Gasteiger partial charge >= 0.3 is 0 Å². The Morgan fingerprint density at radius 2 is 1.61 bits per heavy atom. The van der Waals surface area contributed by atoms with Crippen LogP contribution in [0.15, 0.2) is 78.9 Å². The molecule has 0 spiro atoms. The van der Waals surface area contributed by atoms with Crippen LogP contribution in [0, 0.1) is 0 Å². The topological polar surface area (TPSA) is 102 Å². The van der Waals surface area contributed by atoms with Crippen molar-refractivity contribution in [2.45, 2.75) is 25.4 Å². The first-order chi connectivity index (χ1) is 16.0. The third kappa shape index (κ3) is 5.20. The summed E-state index contributed by atoms with van der Waals surface area (Å²) in [5.41, 5.74) is 7.67. The van der Waals surface area contributed by atoms with Crippen molar-refractivity contribution < 1.29 is 19.1 Å². The van der Waals surface area contributed by atoms with Crippen LogP contribution in [0.3, 0.4) is 0 Å².